The number of hydrogen-bond acceptors (Lipinski definition) is 8. The molecule has 4 aromatic rings. The molecular formula is C33H31N3O6S. The molecule has 220 valence electrons. The summed E-state index contributed by atoms with van der Waals surface area (Å²) in [5.41, 5.74) is 4.24. The van der Waals surface area contributed by atoms with Crippen molar-refractivity contribution in [2.45, 2.75) is 46.3 Å². The molecular weight excluding hydrogens is 566 g/mol. The highest BCUT2D eigenvalue weighted by Crippen LogP contribution is 2.31. The number of benzene rings is 3. The van der Waals surface area contributed by atoms with Gasteiger partial charge in [0.2, 0.25) is 0 Å². The van der Waals surface area contributed by atoms with Crippen LogP contribution in [0, 0.1) is 10.1 Å². The van der Waals surface area contributed by atoms with Crippen LogP contribution in [-0.4, -0.2) is 22.1 Å². The molecule has 0 radical (unpaired) electrons. The molecule has 1 atom stereocenters. The fraction of sp³-hybridized carbons (Fsp3) is 0.242. The fourth-order valence-corrected chi connectivity index (χ4v) is 5.91. The molecule has 1 aliphatic heterocycles. The molecule has 1 unspecified atom stereocenters. The van der Waals surface area contributed by atoms with Gasteiger partial charge in [0.25, 0.3) is 11.2 Å². The molecule has 43 heavy (non-hydrogen) atoms. The number of nitro groups is 1. The van der Waals surface area contributed by atoms with Crippen LogP contribution in [-0.2, 0) is 16.1 Å². The third kappa shape index (κ3) is 6.34. The Labute approximate surface area is 252 Å². The highest BCUT2D eigenvalue weighted by molar-refractivity contribution is 7.07. The van der Waals surface area contributed by atoms with E-state index in [2.05, 4.69) is 18.8 Å². The first-order chi connectivity index (χ1) is 20.7. The van der Waals surface area contributed by atoms with Gasteiger partial charge < -0.3 is 9.47 Å². The van der Waals surface area contributed by atoms with Crippen molar-refractivity contribution in [2.75, 3.05) is 6.61 Å². The minimum atomic E-state index is -0.658. The van der Waals surface area contributed by atoms with Crippen LogP contribution in [0.5, 0.6) is 5.75 Å². The first kappa shape index (κ1) is 29.7. The predicted octanol–water partition coefficient (Wildman–Crippen LogP) is 5.41. The first-order valence-corrected chi connectivity index (χ1v) is 14.7. The van der Waals surface area contributed by atoms with E-state index in [1.54, 1.807) is 48.8 Å². The Kier molecular flexibility index (Phi) is 8.68. The Balaban J connectivity index is 1.45. The molecule has 3 aromatic carbocycles. The van der Waals surface area contributed by atoms with Gasteiger partial charge >= 0.3 is 5.97 Å². The minimum Gasteiger partial charge on any atom is -0.489 e. The lowest BCUT2D eigenvalue weighted by molar-refractivity contribution is -0.384. The van der Waals surface area contributed by atoms with Gasteiger partial charge in [-0.2, -0.15) is 0 Å². The van der Waals surface area contributed by atoms with Gasteiger partial charge in [-0.3, -0.25) is 19.5 Å². The van der Waals surface area contributed by atoms with Crippen LogP contribution in [0.15, 0.2) is 93.9 Å². The fourth-order valence-electron chi connectivity index (χ4n) is 4.86. The van der Waals surface area contributed by atoms with E-state index in [0.717, 1.165) is 22.3 Å². The van der Waals surface area contributed by atoms with Gasteiger partial charge in [-0.25, -0.2) is 9.79 Å². The average molecular weight is 598 g/mol. The molecule has 0 aliphatic carbocycles. The number of esters is 1. The zero-order valence-electron chi connectivity index (χ0n) is 24.3. The summed E-state index contributed by atoms with van der Waals surface area (Å²) in [7, 11) is 0. The topological polar surface area (TPSA) is 113 Å². The quantitative estimate of drug-likeness (QED) is 0.145. The van der Waals surface area contributed by atoms with Gasteiger partial charge in [-0.15, -0.1) is 0 Å². The highest BCUT2D eigenvalue weighted by atomic mass is 32.1. The maximum absolute atomic E-state index is 13.8. The van der Waals surface area contributed by atoms with Gasteiger partial charge in [0.1, 0.15) is 12.4 Å². The van der Waals surface area contributed by atoms with Crippen LogP contribution in [0.4, 0.5) is 5.69 Å². The Hall–Kier alpha value is -4.83. The average Bonchev–Trinajstić information content (AvgIpc) is 3.30. The molecule has 0 saturated heterocycles. The number of non-ortho nitro benzene ring substituents is 1. The normalized spacial score (nSPS) is 14.8. The van der Waals surface area contributed by atoms with E-state index in [-0.39, 0.29) is 24.5 Å². The molecule has 0 N–H and O–H groups in total. The van der Waals surface area contributed by atoms with Gasteiger partial charge in [0, 0.05) is 12.1 Å². The van der Waals surface area contributed by atoms with Crippen LogP contribution in [0.1, 0.15) is 61.9 Å². The Bertz CT molecular complexity index is 1870. The van der Waals surface area contributed by atoms with Crippen molar-refractivity contribution in [2.24, 2.45) is 4.99 Å². The van der Waals surface area contributed by atoms with E-state index < -0.39 is 16.9 Å². The Morgan fingerprint density at radius 1 is 1.07 bits per heavy atom. The van der Waals surface area contributed by atoms with Crippen molar-refractivity contribution in [1.82, 2.24) is 4.57 Å². The maximum Gasteiger partial charge on any atom is 0.338 e. The predicted molar refractivity (Wildman–Crippen MR) is 165 cm³/mol. The van der Waals surface area contributed by atoms with Gasteiger partial charge in [0.05, 0.1) is 33.4 Å². The lowest BCUT2D eigenvalue weighted by Crippen LogP contribution is -2.39. The van der Waals surface area contributed by atoms with Gasteiger partial charge in [0.15, 0.2) is 4.80 Å². The number of aromatic nitrogens is 1. The molecule has 5 rings (SSSR count). The van der Waals surface area contributed by atoms with Crippen LogP contribution in [0.3, 0.4) is 0 Å². The number of fused-ring (bicyclic) bond motifs is 1. The molecule has 0 amide bonds. The number of hydrogen-bond donors (Lipinski definition) is 0. The zero-order valence-corrected chi connectivity index (χ0v) is 25.1. The molecule has 9 nitrogen and oxygen atoms in total. The van der Waals surface area contributed by atoms with E-state index in [1.165, 1.54) is 23.5 Å². The summed E-state index contributed by atoms with van der Waals surface area (Å²) in [4.78, 5) is 42.5. The summed E-state index contributed by atoms with van der Waals surface area (Å²) < 4.78 is 13.3. The molecule has 0 spiro atoms. The maximum atomic E-state index is 13.8. The summed E-state index contributed by atoms with van der Waals surface area (Å²) in [6.45, 7) is 8.23. The van der Waals surface area contributed by atoms with Crippen molar-refractivity contribution in [3.8, 4) is 5.75 Å². The molecule has 0 saturated carbocycles. The summed E-state index contributed by atoms with van der Waals surface area (Å²) in [5, 5.41) is 10.9. The van der Waals surface area contributed by atoms with E-state index in [0.29, 0.717) is 32.3 Å². The number of allylic oxidation sites excluding steroid dienone is 1. The van der Waals surface area contributed by atoms with Crippen molar-refractivity contribution >= 4 is 29.1 Å². The SMILES string of the molecule is CCOC(=O)C1=C(C)N=c2sc(=Cc3ccc(OCc4ccc([N+](=O)[O-])cc4)cc3)c(=O)n2C1c1ccc(C(C)C)cc1. The molecule has 1 aliphatic rings. The van der Waals surface area contributed by atoms with E-state index in [9.17, 15) is 19.7 Å². The molecule has 10 heteroatoms. The number of rotatable bonds is 9. The third-order valence-corrected chi connectivity index (χ3v) is 8.15. The van der Waals surface area contributed by atoms with E-state index >= 15 is 0 Å². The second-order valence-electron chi connectivity index (χ2n) is 10.4. The second-order valence-corrected chi connectivity index (χ2v) is 11.4. The standard InChI is InChI=1S/C33H31N3O6S/c1-5-41-32(38)29-21(4)34-33-35(30(29)25-12-10-24(11-13-25)20(2)3)31(37)28(43-33)18-22-8-16-27(17-9-22)42-19-23-6-14-26(15-7-23)36(39)40/h6-18,20,30H,5,19H2,1-4H3. The first-order valence-electron chi connectivity index (χ1n) is 13.9. The van der Waals surface area contributed by atoms with E-state index in [4.69, 9.17) is 9.47 Å². The zero-order chi connectivity index (χ0) is 30.7. The van der Waals surface area contributed by atoms with Crippen molar-refractivity contribution in [3.63, 3.8) is 0 Å². The number of ether oxygens (including phenoxy) is 2. The summed E-state index contributed by atoms with van der Waals surface area (Å²) >= 11 is 1.27. The lowest BCUT2D eigenvalue weighted by atomic mass is 9.93. The number of thiazole rings is 1. The summed E-state index contributed by atoms with van der Waals surface area (Å²) in [6, 6.07) is 20.8. The van der Waals surface area contributed by atoms with Crippen LogP contribution in [0.2, 0.25) is 0 Å². The monoisotopic (exact) mass is 597 g/mol. The van der Waals surface area contributed by atoms with Crippen LogP contribution in [0.25, 0.3) is 6.08 Å². The number of carbonyl (C=O) groups is 1. The molecule has 0 bridgehead atoms. The van der Waals surface area contributed by atoms with Crippen LogP contribution < -0.4 is 19.6 Å². The lowest BCUT2D eigenvalue weighted by Gasteiger charge is -2.25. The molecule has 0 fully saturated rings. The van der Waals surface area contributed by atoms with E-state index in [1.807, 2.05) is 36.4 Å². The van der Waals surface area contributed by atoms with Crippen molar-refractivity contribution in [1.29, 1.82) is 0 Å². The number of nitro benzene ring substituents is 1. The smallest absolute Gasteiger partial charge is 0.338 e. The number of nitrogens with zero attached hydrogens (tertiary/aromatic N) is 3. The molecule has 1 aromatic heterocycles. The van der Waals surface area contributed by atoms with Crippen molar-refractivity contribution in [3.05, 3.63) is 136 Å². The van der Waals surface area contributed by atoms with Crippen molar-refractivity contribution < 1.29 is 19.2 Å². The van der Waals surface area contributed by atoms with Crippen LogP contribution >= 0.6 is 11.3 Å². The Morgan fingerprint density at radius 3 is 2.35 bits per heavy atom. The summed E-state index contributed by atoms with van der Waals surface area (Å²) in [5.74, 6) is 0.480. The largest absolute Gasteiger partial charge is 0.489 e. The third-order valence-electron chi connectivity index (χ3n) is 7.17. The highest BCUT2D eigenvalue weighted by Gasteiger charge is 2.33. The molecule has 2 heterocycles. The second kappa shape index (κ2) is 12.6. The van der Waals surface area contributed by atoms with Gasteiger partial charge in [-0.05, 0) is 72.4 Å². The summed E-state index contributed by atoms with van der Waals surface area (Å²) in [6.07, 6.45) is 1.80. The minimum absolute atomic E-state index is 0.0287. The van der Waals surface area contributed by atoms with Gasteiger partial charge in [-0.1, -0.05) is 61.6 Å². The Morgan fingerprint density at radius 2 is 1.74 bits per heavy atom. The number of carbonyl (C=O) groups excluding carboxylic acids is 1.